The summed E-state index contributed by atoms with van der Waals surface area (Å²) in [5, 5.41) is 21.6. The summed E-state index contributed by atoms with van der Waals surface area (Å²) < 4.78 is 18.7. The molecule has 8 nitrogen and oxygen atoms in total. The first kappa shape index (κ1) is 34.1. The highest BCUT2D eigenvalue weighted by atomic mass is 127. The largest absolute Gasteiger partial charge is 0.504 e. The molecular weight excluding hydrogens is 744 g/mol. The van der Waals surface area contributed by atoms with E-state index in [4.69, 9.17) is 14.1 Å². The summed E-state index contributed by atoms with van der Waals surface area (Å²) in [7, 11) is 0.437. The monoisotopic (exact) mass is 781 g/mol. The maximum atomic E-state index is 14.2. The third-order valence-corrected chi connectivity index (χ3v) is 10.7. The Morgan fingerprint density at radius 3 is 2.34 bits per heavy atom. The van der Waals surface area contributed by atoms with Gasteiger partial charge in [-0.3, -0.25) is 14.5 Å². The Bertz CT molecular complexity index is 1940. The van der Waals surface area contributed by atoms with Gasteiger partial charge in [0.15, 0.2) is 11.5 Å². The molecule has 0 aromatic heterocycles. The zero-order valence-electron chi connectivity index (χ0n) is 27.6. The number of carbonyl (C=O) groups excluding carboxylic acids is 2. The number of hydrogen-bond acceptors (Lipinski definition) is 7. The van der Waals surface area contributed by atoms with Gasteiger partial charge in [0.25, 0.3) is 0 Å². The fourth-order valence-corrected chi connectivity index (χ4v) is 8.31. The van der Waals surface area contributed by atoms with Gasteiger partial charge in [-0.15, -0.1) is 0 Å². The van der Waals surface area contributed by atoms with Gasteiger partial charge >= 0.3 is 7.12 Å². The fraction of sp³-hybridized carbons (Fsp3) is 0.250. The number of carbonyl (C=O) groups is 2. The van der Waals surface area contributed by atoms with E-state index < -0.39 is 25.1 Å². The average molecular weight is 781 g/mol. The lowest BCUT2D eigenvalue weighted by Crippen LogP contribution is -2.46. The molecule has 1 aliphatic carbocycles. The number of phenolic OH excluding ortho intramolecular Hbond substituents is 1. The molecule has 0 unspecified atom stereocenters. The Labute approximate surface area is 305 Å². The zero-order valence-corrected chi connectivity index (χ0v) is 29.7. The van der Waals surface area contributed by atoms with Crippen molar-refractivity contribution in [1.82, 2.24) is 0 Å². The number of phenols is 1. The quantitative estimate of drug-likeness (QED) is 0.0568. The van der Waals surface area contributed by atoms with Gasteiger partial charge in [-0.25, -0.2) is 0 Å². The fourth-order valence-electron chi connectivity index (χ4n) is 7.69. The van der Waals surface area contributed by atoms with Crippen LogP contribution in [0, 0.1) is 21.3 Å². The molecule has 2 amide bonds. The number of rotatable bonds is 10. The lowest BCUT2D eigenvalue weighted by Gasteiger charge is -2.43. The number of hydrogen-bond donors (Lipinski definition) is 2. The Morgan fingerprint density at radius 1 is 0.960 bits per heavy atom. The highest BCUT2D eigenvalue weighted by Gasteiger charge is 2.57. The van der Waals surface area contributed by atoms with Crippen molar-refractivity contribution in [1.29, 1.82) is 0 Å². The van der Waals surface area contributed by atoms with E-state index in [1.54, 1.807) is 18.2 Å². The number of fused-ring (bicyclic) bond motifs is 3. The molecule has 2 N–H and O–H groups in total. The molecule has 2 aliphatic heterocycles. The Balaban J connectivity index is 1.25. The normalized spacial score (nSPS) is 22.0. The number of para-hydroxylation sites is 2. The number of anilines is 1. The molecule has 2 saturated heterocycles. The second-order valence-electron chi connectivity index (χ2n) is 12.9. The van der Waals surface area contributed by atoms with Crippen LogP contribution in [0.1, 0.15) is 30.4 Å². The molecular formula is C40H37BINO7. The standard InChI is InChI=1S/C40H37BINO7/c1-48-35-21-25(20-33(42)38(35)44)19-27(26-11-5-2-6-12-26)17-18-34-36-28(24-49-30-15-9-4-10-16-30)22-31-37(32(36)23-41(47)50-34)40(46)43(39(31)45)29-13-7-3-8-14-29/h2-16,19-21,31-32,34,37,44,47H,17-18,22-24H2,1H3/b27-19-/t31-,32+,34-,37-/m1/s1. The van der Waals surface area contributed by atoms with E-state index in [2.05, 4.69) is 40.8 Å². The second kappa shape index (κ2) is 14.8. The minimum absolute atomic E-state index is 0.0979. The van der Waals surface area contributed by atoms with Crippen LogP contribution in [0.25, 0.3) is 11.6 Å². The lowest BCUT2D eigenvalue weighted by atomic mass is 9.58. The van der Waals surface area contributed by atoms with E-state index >= 15 is 0 Å². The summed E-state index contributed by atoms with van der Waals surface area (Å²) in [6, 6.07) is 32.4. The number of imide groups is 1. The molecule has 0 bridgehead atoms. The molecule has 4 aromatic carbocycles. The molecule has 10 heteroatoms. The average Bonchev–Trinajstić information content (AvgIpc) is 3.39. The first-order valence-corrected chi connectivity index (χ1v) is 17.9. The highest BCUT2D eigenvalue weighted by molar-refractivity contribution is 14.1. The maximum absolute atomic E-state index is 14.2. The Morgan fingerprint density at radius 2 is 1.64 bits per heavy atom. The molecule has 7 rings (SSSR count). The van der Waals surface area contributed by atoms with Gasteiger partial charge in [0, 0.05) is 0 Å². The number of halogens is 1. The third kappa shape index (κ3) is 6.84. The van der Waals surface area contributed by atoms with Gasteiger partial charge in [0.2, 0.25) is 11.8 Å². The number of aromatic hydroxyl groups is 1. The maximum Gasteiger partial charge on any atom is 0.455 e. The van der Waals surface area contributed by atoms with Crippen LogP contribution in [-0.2, 0) is 14.2 Å². The van der Waals surface area contributed by atoms with Gasteiger partial charge in [-0.1, -0.05) is 72.8 Å². The van der Waals surface area contributed by atoms with Crippen molar-refractivity contribution in [2.75, 3.05) is 18.6 Å². The van der Waals surface area contributed by atoms with E-state index in [0.29, 0.717) is 40.0 Å². The smallest absolute Gasteiger partial charge is 0.455 e. The van der Waals surface area contributed by atoms with Crippen molar-refractivity contribution < 1.29 is 33.8 Å². The van der Waals surface area contributed by atoms with Crippen LogP contribution in [0.5, 0.6) is 17.2 Å². The van der Waals surface area contributed by atoms with Crippen molar-refractivity contribution in [3.8, 4) is 17.2 Å². The summed E-state index contributed by atoms with van der Waals surface area (Å²) in [5.41, 5.74) is 5.39. The molecule has 0 radical (unpaired) electrons. The van der Waals surface area contributed by atoms with Crippen LogP contribution in [0.4, 0.5) is 5.69 Å². The van der Waals surface area contributed by atoms with Crippen molar-refractivity contribution in [2.45, 2.75) is 31.7 Å². The van der Waals surface area contributed by atoms with E-state index in [1.807, 2.05) is 72.8 Å². The number of benzene rings is 4. The molecule has 2 heterocycles. The first-order chi connectivity index (χ1) is 24.3. The SMILES string of the molecule is COc1cc(/C=C(/CC[C@H]2OB(O)C[C@H]3C2=C(COc2ccccc2)C[C@H]2C(=O)N(c4ccccc4)C(=O)[C@H]23)c2ccccc2)cc(I)c1O. The Kier molecular flexibility index (Phi) is 10.1. The van der Waals surface area contributed by atoms with Crippen LogP contribution in [0.3, 0.4) is 0 Å². The molecule has 0 saturated carbocycles. The highest BCUT2D eigenvalue weighted by Crippen LogP contribution is 2.51. The summed E-state index contributed by atoms with van der Waals surface area (Å²) in [4.78, 5) is 29.4. The predicted molar refractivity (Wildman–Crippen MR) is 202 cm³/mol. The molecule has 50 heavy (non-hydrogen) atoms. The van der Waals surface area contributed by atoms with E-state index in [-0.39, 0.29) is 36.4 Å². The number of ether oxygens (including phenoxy) is 2. The molecule has 4 atom stereocenters. The molecule has 3 aliphatic rings. The van der Waals surface area contributed by atoms with Crippen LogP contribution in [-0.4, -0.2) is 48.9 Å². The molecule has 2 fully saturated rings. The predicted octanol–water partition coefficient (Wildman–Crippen LogP) is 7.41. The number of nitrogens with zero attached hydrogens (tertiary/aromatic N) is 1. The topological polar surface area (TPSA) is 106 Å². The van der Waals surface area contributed by atoms with E-state index in [9.17, 15) is 19.7 Å². The minimum Gasteiger partial charge on any atom is -0.504 e. The van der Waals surface area contributed by atoms with Crippen LogP contribution in [0.15, 0.2) is 114 Å². The number of allylic oxidation sites excluding steroid dienone is 1. The van der Waals surface area contributed by atoms with Crippen LogP contribution < -0.4 is 14.4 Å². The van der Waals surface area contributed by atoms with E-state index in [0.717, 1.165) is 27.8 Å². The lowest BCUT2D eigenvalue weighted by molar-refractivity contribution is -0.122. The third-order valence-electron chi connectivity index (χ3n) is 9.91. The number of methoxy groups -OCH3 is 1. The second-order valence-corrected chi connectivity index (χ2v) is 14.1. The van der Waals surface area contributed by atoms with E-state index in [1.165, 1.54) is 12.0 Å². The van der Waals surface area contributed by atoms with Crippen molar-refractivity contribution in [2.24, 2.45) is 17.8 Å². The van der Waals surface area contributed by atoms with Gasteiger partial charge in [-0.2, -0.15) is 0 Å². The number of amides is 2. The summed E-state index contributed by atoms with van der Waals surface area (Å²) in [5.74, 6) is -0.783. The Hall–Kier alpha value is -4.39. The summed E-state index contributed by atoms with van der Waals surface area (Å²) in [6.45, 7) is 0.245. The molecule has 4 aromatic rings. The van der Waals surface area contributed by atoms with Gasteiger partial charge in [0.05, 0.1) is 34.3 Å². The van der Waals surface area contributed by atoms with Crippen molar-refractivity contribution in [3.05, 3.63) is 129 Å². The van der Waals surface area contributed by atoms with Crippen molar-refractivity contribution in [3.63, 3.8) is 0 Å². The summed E-state index contributed by atoms with van der Waals surface area (Å²) >= 11 is 2.09. The van der Waals surface area contributed by atoms with Crippen LogP contribution in [0.2, 0.25) is 6.32 Å². The van der Waals surface area contributed by atoms with Gasteiger partial charge in [0.1, 0.15) is 12.4 Å². The molecule has 0 spiro atoms. The van der Waals surface area contributed by atoms with Crippen LogP contribution >= 0.6 is 22.6 Å². The zero-order chi connectivity index (χ0) is 34.8. The minimum atomic E-state index is -1.09. The van der Waals surface area contributed by atoms with Crippen molar-refractivity contribution >= 4 is 58.9 Å². The first-order valence-electron chi connectivity index (χ1n) is 16.8. The molecule has 254 valence electrons. The van der Waals surface area contributed by atoms with Gasteiger partial charge in [-0.05, 0) is 118 Å². The summed E-state index contributed by atoms with van der Waals surface area (Å²) in [6.07, 6.45) is 3.28. The van der Waals surface area contributed by atoms with Gasteiger partial charge < -0.3 is 24.3 Å².